The molecule has 10 heteroatoms. The number of aliphatic hydroxyl groups excluding tert-OH is 1. The molecule has 2 atom stereocenters. The Labute approximate surface area is 163 Å². The minimum atomic E-state index is -1.36. The molecule has 2 aliphatic heterocycles. The molecular weight excluding hydrogens is 428 g/mol. The number of hydrogen-bond acceptors (Lipinski definition) is 5. The summed E-state index contributed by atoms with van der Waals surface area (Å²) in [6.07, 6.45) is -0.931. The highest BCUT2D eigenvalue weighted by Crippen LogP contribution is 2.25. The quantitative estimate of drug-likeness (QED) is 0.590. The second-order valence-electron chi connectivity index (χ2n) is 7.14. The van der Waals surface area contributed by atoms with Gasteiger partial charge in [0, 0.05) is 24.8 Å². The summed E-state index contributed by atoms with van der Waals surface area (Å²) in [5.41, 5.74) is -0.352. The Bertz CT molecular complexity index is 737. The Morgan fingerprint density at radius 3 is 2.70 bits per heavy atom. The average Bonchev–Trinajstić information content (AvgIpc) is 3.07. The normalized spacial score (nSPS) is 22.8. The molecule has 2 fully saturated rings. The number of carbonyl (C=O) groups excluding carboxylic acids is 2. The average molecular weight is 448 g/mol. The SMILES string of the molecule is CC1(NC(=O)C(O)N2CC[C@H](C(=O)Nc3cc(F)c(F)c(Br)c3)C2)COC1. The lowest BCUT2D eigenvalue weighted by molar-refractivity contribution is -0.148. The van der Waals surface area contributed by atoms with Crippen LogP contribution in [0.25, 0.3) is 0 Å². The second kappa shape index (κ2) is 7.78. The number of benzene rings is 1. The zero-order valence-corrected chi connectivity index (χ0v) is 16.2. The predicted molar refractivity (Wildman–Crippen MR) is 95.7 cm³/mol. The fourth-order valence-corrected chi connectivity index (χ4v) is 3.54. The van der Waals surface area contributed by atoms with Gasteiger partial charge in [0.15, 0.2) is 17.9 Å². The number of hydrogen-bond donors (Lipinski definition) is 3. The van der Waals surface area contributed by atoms with E-state index in [0.29, 0.717) is 26.2 Å². The molecule has 1 unspecified atom stereocenters. The Hall–Kier alpha value is -1.62. The van der Waals surface area contributed by atoms with Gasteiger partial charge in [-0.1, -0.05) is 0 Å². The van der Waals surface area contributed by atoms with Gasteiger partial charge in [-0.2, -0.15) is 0 Å². The van der Waals surface area contributed by atoms with Gasteiger partial charge in [-0.3, -0.25) is 14.5 Å². The number of nitrogens with one attached hydrogen (secondary N) is 2. The van der Waals surface area contributed by atoms with E-state index in [0.717, 1.165) is 6.07 Å². The number of halogens is 3. The van der Waals surface area contributed by atoms with Crippen molar-refractivity contribution in [2.24, 2.45) is 5.92 Å². The van der Waals surface area contributed by atoms with Gasteiger partial charge in [0.1, 0.15) is 0 Å². The molecule has 1 aromatic carbocycles. The standard InChI is InChI=1S/C17H20BrF2N3O4/c1-17(7-27-8-17)22-15(25)16(26)23-3-2-9(6-23)14(24)21-10-4-11(18)13(20)12(19)5-10/h4-5,9,16,26H,2-3,6-8H2,1H3,(H,21,24)(H,22,25)/t9-,16?/m0/s1. The first-order valence-corrected chi connectivity index (χ1v) is 9.25. The third-order valence-electron chi connectivity index (χ3n) is 4.69. The summed E-state index contributed by atoms with van der Waals surface area (Å²) in [5, 5.41) is 15.5. The van der Waals surface area contributed by atoms with Crippen LogP contribution < -0.4 is 10.6 Å². The van der Waals surface area contributed by atoms with E-state index in [9.17, 15) is 23.5 Å². The lowest BCUT2D eigenvalue weighted by Crippen LogP contribution is -2.63. The van der Waals surface area contributed by atoms with Crippen molar-refractivity contribution < 1.29 is 28.2 Å². The van der Waals surface area contributed by atoms with Crippen molar-refractivity contribution in [3.05, 3.63) is 28.2 Å². The first kappa shape index (κ1) is 20.1. The summed E-state index contributed by atoms with van der Waals surface area (Å²) in [6, 6.07) is 2.17. The van der Waals surface area contributed by atoms with E-state index in [4.69, 9.17) is 4.74 Å². The van der Waals surface area contributed by atoms with E-state index in [2.05, 4.69) is 26.6 Å². The maximum atomic E-state index is 13.4. The first-order valence-electron chi connectivity index (χ1n) is 8.46. The zero-order valence-electron chi connectivity index (χ0n) is 14.6. The molecule has 3 rings (SSSR count). The van der Waals surface area contributed by atoms with Gasteiger partial charge < -0.3 is 20.5 Å². The van der Waals surface area contributed by atoms with E-state index in [1.165, 1.54) is 11.0 Å². The number of nitrogens with zero attached hydrogens (tertiary/aromatic N) is 1. The summed E-state index contributed by atoms with van der Waals surface area (Å²) in [5.74, 6) is -3.51. The van der Waals surface area contributed by atoms with Crippen LogP contribution in [-0.2, 0) is 14.3 Å². The molecule has 0 radical (unpaired) electrons. The van der Waals surface area contributed by atoms with Gasteiger partial charge in [-0.05, 0) is 35.3 Å². The number of likely N-dealkylation sites (tertiary alicyclic amines) is 1. The van der Waals surface area contributed by atoms with Crippen LogP contribution in [0.3, 0.4) is 0 Å². The van der Waals surface area contributed by atoms with Gasteiger partial charge >= 0.3 is 0 Å². The van der Waals surface area contributed by atoms with Gasteiger partial charge in [-0.15, -0.1) is 0 Å². The summed E-state index contributed by atoms with van der Waals surface area (Å²) in [6.45, 7) is 3.14. The van der Waals surface area contributed by atoms with Crippen LogP contribution in [0.15, 0.2) is 16.6 Å². The zero-order chi connectivity index (χ0) is 19.8. The van der Waals surface area contributed by atoms with Crippen molar-refractivity contribution >= 4 is 33.4 Å². The number of amides is 2. The van der Waals surface area contributed by atoms with Crippen LogP contribution >= 0.6 is 15.9 Å². The molecule has 2 aliphatic rings. The maximum Gasteiger partial charge on any atom is 0.264 e. The lowest BCUT2D eigenvalue weighted by Gasteiger charge is -2.39. The van der Waals surface area contributed by atoms with E-state index < -0.39 is 35.2 Å². The minimum Gasteiger partial charge on any atom is -0.376 e. The molecule has 2 amide bonds. The molecule has 3 N–H and O–H groups in total. The van der Waals surface area contributed by atoms with Crippen LogP contribution in [0.5, 0.6) is 0 Å². The monoisotopic (exact) mass is 447 g/mol. The van der Waals surface area contributed by atoms with Crippen molar-refractivity contribution in [1.29, 1.82) is 0 Å². The second-order valence-corrected chi connectivity index (χ2v) is 7.99. The largest absolute Gasteiger partial charge is 0.376 e. The Balaban J connectivity index is 1.55. The summed E-state index contributed by atoms with van der Waals surface area (Å²) in [7, 11) is 0. The minimum absolute atomic E-state index is 0.0913. The van der Waals surface area contributed by atoms with Crippen molar-refractivity contribution in [3.63, 3.8) is 0 Å². The summed E-state index contributed by atoms with van der Waals surface area (Å²) >= 11 is 2.89. The highest BCUT2D eigenvalue weighted by Gasteiger charge is 2.39. The van der Waals surface area contributed by atoms with Gasteiger partial charge in [0.05, 0.1) is 29.1 Å². The Kier molecular flexibility index (Phi) is 5.80. The molecule has 7 nitrogen and oxygen atoms in total. The number of rotatable bonds is 5. The molecule has 0 bridgehead atoms. The van der Waals surface area contributed by atoms with Crippen LogP contribution in [0, 0.1) is 17.6 Å². The van der Waals surface area contributed by atoms with E-state index in [1.54, 1.807) is 0 Å². The maximum absolute atomic E-state index is 13.4. The summed E-state index contributed by atoms with van der Waals surface area (Å²) in [4.78, 5) is 26.1. The lowest BCUT2D eigenvalue weighted by atomic mass is 10.0. The number of carbonyl (C=O) groups is 2. The first-order chi connectivity index (χ1) is 12.7. The van der Waals surface area contributed by atoms with Crippen LogP contribution in [0.4, 0.5) is 14.5 Å². The third kappa shape index (κ3) is 4.45. The van der Waals surface area contributed by atoms with E-state index in [1.807, 2.05) is 6.92 Å². The third-order valence-corrected chi connectivity index (χ3v) is 5.27. The fraction of sp³-hybridized carbons (Fsp3) is 0.529. The molecular formula is C17H20BrF2N3O4. The molecule has 2 heterocycles. The molecule has 0 saturated carbocycles. The Morgan fingerprint density at radius 2 is 2.11 bits per heavy atom. The van der Waals surface area contributed by atoms with Gasteiger partial charge in [0.2, 0.25) is 5.91 Å². The van der Waals surface area contributed by atoms with E-state index in [-0.39, 0.29) is 22.6 Å². The number of anilines is 1. The van der Waals surface area contributed by atoms with Crippen molar-refractivity contribution in [2.45, 2.75) is 25.1 Å². The Morgan fingerprint density at radius 1 is 1.41 bits per heavy atom. The number of aliphatic hydroxyl groups is 1. The molecule has 1 aromatic rings. The smallest absolute Gasteiger partial charge is 0.264 e. The van der Waals surface area contributed by atoms with Crippen molar-refractivity contribution in [2.75, 3.05) is 31.6 Å². The van der Waals surface area contributed by atoms with Crippen molar-refractivity contribution in [1.82, 2.24) is 10.2 Å². The van der Waals surface area contributed by atoms with Crippen LogP contribution in [-0.4, -0.2) is 59.9 Å². The molecule has 27 heavy (non-hydrogen) atoms. The van der Waals surface area contributed by atoms with Crippen LogP contribution in [0.2, 0.25) is 0 Å². The van der Waals surface area contributed by atoms with E-state index >= 15 is 0 Å². The molecule has 2 saturated heterocycles. The highest BCUT2D eigenvalue weighted by molar-refractivity contribution is 9.10. The van der Waals surface area contributed by atoms with Gasteiger partial charge in [-0.25, -0.2) is 8.78 Å². The predicted octanol–water partition coefficient (Wildman–Crippen LogP) is 1.21. The molecule has 0 spiro atoms. The fourth-order valence-electron chi connectivity index (χ4n) is 3.10. The van der Waals surface area contributed by atoms with Crippen molar-refractivity contribution in [3.8, 4) is 0 Å². The van der Waals surface area contributed by atoms with Gasteiger partial charge in [0.25, 0.3) is 5.91 Å². The highest BCUT2D eigenvalue weighted by atomic mass is 79.9. The number of ether oxygens (including phenoxy) is 1. The molecule has 0 aromatic heterocycles. The molecule has 148 valence electrons. The topological polar surface area (TPSA) is 90.9 Å². The summed E-state index contributed by atoms with van der Waals surface area (Å²) < 4.78 is 31.7. The molecule has 0 aliphatic carbocycles. The van der Waals surface area contributed by atoms with Crippen LogP contribution in [0.1, 0.15) is 13.3 Å².